The quantitative estimate of drug-likeness (QED) is 0.448. The Morgan fingerprint density at radius 2 is 1.92 bits per heavy atom. The monoisotopic (exact) mass is 338 g/mol. The van der Waals surface area contributed by atoms with Gasteiger partial charge in [0.25, 0.3) is 0 Å². The Morgan fingerprint density at radius 3 is 2.17 bits per heavy atom. The Morgan fingerprint density at radius 1 is 1.50 bits per heavy atom. The van der Waals surface area contributed by atoms with Gasteiger partial charge in [-0.15, -0.1) is 0 Å². The van der Waals surface area contributed by atoms with Gasteiger partial charge < -0.3 is 0 Å². The molecule has 0 bridgehead atoms. The molecule has 0 amide bonds. The maximum atomic E-state index is 11.7. The van der Waals surface area contributed by atoms with Crippen molar-refractivity contribution in [3.05, 3.63) is 0 Å². The molecule has 0 fully saturated rings. The van der Waals surface area contributed by atoms with Gasteiger partial charge in [-0.3, -0.25) is 4.18 Å². The molecule has 12 heavy (non-hydrogen) atoms. The first-order chi connectivity index (χ1) is 5.13. The van der Waals surface area contributed by atoms with Crippen molar-refractivity contribution < 1.29 is 25.8 Å². The number of alkyl halides is 4. The van der Waals surface area contributed by atoms with Gasteiger partial charge in [-0.05, 0) is 0 Å². The maximum absolute atomic E-state index is 11.7. The van der Waals surface area contributed by atoms with E-state index in [2.05, 4.69) is 14.9 Å². The highest BCUT2D eigenvalue weighted by atomic mass is 127. The Bertz CT molecular complexity index is 238. The van der Waals surface area contributed by atoms with Crippen LogP contribution in [0.1, 0.15) is 0 Å². The van der Waals surface area contributed by atoms with Crippen LogP contribution in [0.2, 0.25) is 0 Å². The summed E-state index contributed by atoms with van der Waals surface area (Å²) in [5.74, 6) is 0. The van der Waals surface area contributed by atoms with Crippen LogP contribution in [0.5, 0.6) is 0 Å². The first-order valence-electron chi connectivity index (χ1n) is 2.43. The molecular weight excluding hydrogens is 335 g/mol. The molecule has 0 rings (SSSR count). The minimum atomic E-state index is -4.48. The summed E-state index contributed by atoms with van der Waals surface area (Å²) in [5.41, 5.74) is 0. The molecule has 0 unspecified atom stereocenters. The summed E-state index contributed by atoms with van der Waals surface area (Å²) in [5, 5.41) is 0. The fourth-order valence-electron chi connectivity index (χ4n) is 0.236. The molecule has 0 aromatic carbocycles. The lowest BCUT2D eigenvalue weighted by Crippen LogP contribution is -2.27. The topological polar surface area (TPSA) is 43.4 Å². The SMILES string of the molecule is O=S(=O)(Cl)OC[C@H](I)C(F)(F)F. The van der Waals surface area contributed by atoms with E-state index < -0.39 is 26.0 Å². The minimum Gasteiger partial charge on any atom is -0.257 e. The van der Waals surface area contributed by atoms with Gasteiger partial charge >= 0.3 is 15.5 Å². The lowest BCUT2D eigenvalue weighted by atomic mass is 10.5. The van der Waals surface area contributed by atoms with Crippen LogP contribution in [0.15, 0.2) is 0 Å². The molecule has 0 saturated carbocycles. The second-order valence-corrected chi connectivity index (χ2v) is 5.35. The standard InChI is InChI=1S/C3H3ClF3IO3S/c4-12(9,10)11-1-2(8)3(5,6)7/h2H,1H2/t2-/m0/s1. The predicted molar refractivity (Wildman–Crippen MR) is 44.6 cm³/mol. The normalized spacial score (nSPS) is 16.1. The third kappa shape index (κ3) is 6.26. The average molecular weight is 338 g/mol. The van der Waals surface area contributed by atoms with E-state index in [9.17, 15) is 21.6 Å². The summed E-state index contributed by atoms with van der Waals surface area (Å²) in [7, 11) is 0.195. The van der Waals surface area contributed by atoms with Crippen LogP contribution in [0.25, 0.3) is 0 Å². The van der Waals surface area contributed by atoms with Crippen LogP contribution in [-0.4, -0.2) is 25.1 Å². The van der Waals surface area contributed by atoms with Crippen molar-refractivity contribution in [2.24, 2.45) is 0 Å². The van der Waals surface area contributed by atoms with E-state index in [0.717, 1.165) is 22.6 Å². The van der Waals surface area contributed by atoms with Gasteiger partial charge in [0.05, 0.1) is 6.61 Å². The van der Waals surface area contributed by atoms with Crippen molar-refractivity contribution in [1.82, 2.24) is 0 Å². The summed E-state index contributed by atoms with van der Waals surface area (Å²) in [6.45, 7) is -1.00. The van der Waals surface area contributed by atoms with Gasteiger partial charge in [-0.25, -0.2) is 0 Å². The van der Waals surface area contributed by atoms with Crippen molar-refractivity contribution in [3.63, 3.8) is 0 Å². The van der Waals surface area contributed by atoms with E-state index in [1.807, 2.05) is 0 Å². The molecule has 0 aromatic rings. The molecule has 3 nitrogen and oxygen atoms in total. The summed E-state index contributed by atoms with van der Waals surface area (Å²) in [4.78, 5) is 0. The van der Waals surface area contributed by atoms with Gasteiger partial charge in [-0.1, -0.05) is 22.6 Å². The summed E-state index contributed by atoms with van der Waals surface area (Å²) < 4.78 is 57.0. The number of hydrogen-bond acceptors (Lipinski definition) is 3. The summed E-state index contributed by atoms with van der Waals surface area (Å²) >= 11 is 1.02. The molecule has 0 N–H and O–H groups in total. The Balaban J connectivity index is 3.97. The van der Waals surface area contributed by atoms with Crippen LogP contribution in [-0.2, 0) is 13.5 Å². The molecule has 0 radical (unpaired) electrons. The van der Waals surface area contributed by atoms with E-state index in [0.29, 0.717) is 0 Å². The maximum Gasteiger partial charge on any atom is 0.402 e. The van der Waals surface area contributed by atoms with Crippen LogP contribution in [0.4, 0.5) is 13.2 Å². The van der Waals surface area contributed by atoms with Gasteiger partial charge in [0.1, 0.15) is 3.92 Å². The first-order valence-corrected chi connectivity index (χ1v) is 5.91. The molecule has 0 saturated heterocycles. The number of rotatable bonds is 3. The molecule has 0 heterocycles. The predicted octanol–water partition coefficient (Wildman–Crippen LogP) is 1.85. The van der Waals surface area contributed by atoms with E-state index in [-0.39, 0.29) is 0 Å². The van der Waals surface area contributed by atoms with Crippen molar-refractivity contribution in [2.75, 3.05) is 6.61 Å². The lowest BCUT2D eigenvalue weighted by molar-refractivity contribution is -0.129. The fourth-order valence-corrected chi connectivity index (χ4v) is 1.11. The van der Waals surface area contributed by atoms with Gasteiger partial charge in [0.2, 0.25) is 0 Å². The van der Waals surface area contributed by atoms with Gasteiger partial charge in [0, 0.05) is 10.7 Å². The van der Waals surface area contributed by atoms with E-state index >= 15 is 0 Å². The molecule has 0 aliphatic rings. The zero-order valence-corrected chi connectivity index (χ0v) is 9.04. The molecule has 0 aliphatic carbocycles. The average Bonchev–Trinajstić information content (AvgIpc) is 1.78. The molecule has 1 atom stereocenters. The summed E-state index contributed by atoms with van der Waals surface area (Å²) in [6, 6.07) is 0. The summed E-state index contributed by atoms with van der Waals surface area (Å²) in [6.07, 6.45) is -4.48. The largest absolute Gasteiger partial charge is 0.402 e. The van der Waals surface area contributed by atoms with Crippen molar-refractivity contribution in [1.29, 1.82) is 0 Å². The number of halogens is 5. The van der Waals surface area contributed by atoms with E-state index in [1.165, 1.54) is 0 Å². The molecule has 0 spiro atoms. The molecular formula is C3H3ClF3IO3S. The van der Waals surface area contributed by atoms with Crippen LogP contribution in [0.3, 0.4) is 0 Å². The van der Waals surface area contributed by atoms with Crippen LogP contribution < -0.4 is 0 Å². The Hall–Kier alpha value is 0.720. The van der Waals surface area contributed by atoms with Crippen LogP contribution >= 0.6 is 33.3 Å². The van der Waals surface area contributed by atoms with E-state index in [4.69, 9.17) is 0 Å². The third-order valence-corrected chi connectivity index (χ3v) is 2.46. The zero-order chi connectivity index (χ0) is 9.99. The van der Waals surface area contributed by atoms with Gasteiger partial charge in [-0.2, -0.15) is 21.6 Å². The third-order valence-electron chi connectivity index (χ3n) is 0.710. The highest BCUT2D eigenvalue weighted by molar-refractivity contribution is 14.1. The molecule has 9 heteroatoms. The lowest BCUT2D eigenvalue weighted by Gasteiger charge is -2.11. The minimum absolute atomic E-state index is 1.00. The van der Waals surface area contributed by atoms with Crippen molar-refractivity contribution >= 4 is 42.6 Å². The van der Waals surface area contributed by atoms with Crippen LogP contribution in [0, 0.1) is 0 Å². The molecule has 0 aliphatic heterocycles. The second kappa shape index (κ2) is 4.29. The highest BCUT2D eigenvalue weighted by Gasteiger charge is 2.38. The highest BCUT2D eigenvalue weighted by Crippen LogP contribution is 2.27. The van der Waals surface area contributed by atoms with Crippen molar-refractivity contribution in [2.45, 2.75) is 10.1 Å². The molecule has 74 valence electrons. The zero-order valence-electron chi connectivity index (χ0n) is 5.31. The van der Waals surface area contributed by atoms with Gasteiger partial charge in [0.15, 0.2) is 0 Å². The molecule has 0 aromatic heterocycles. The van der Waals surface area contributed by atoms with E-state index in [1.54, 1.807) is 0 Å². The smallest absolute Gasteiger partial charge is 0.257 e. The first kappa shape index (κ1) is 12.7. The number of hydrogen-bond donors (Lipinski definition) is 0. The fraction of sp³-hybridized carbons (Fsp3) is 1.00. The Kier molecular flexibility index (Phi) is 4.55. The Labute approximate surface area is 85.0 Å². The second-order valence-electron chi connectivity index (χ2n) is 1.69. The van der Waals surface area contributed by atoms with Crippen molar-refractivity contribution in [3.8, 4) is 0 Å².